The Kier molecular flexibility index (Phi) is 6.87. The largest absolute Gasteiger partial charge is 0.493 e. The maximum atomic E-state index is 12.5. The number of carbonyl (C=O) groups is 1. The van der Waals surface area contributed by atoms with E-state index in [0.29, 0.717) is 17.3 Å². The van der Waals surface area contributed by atoms with E-state index in [1.807, 2.05) is 0 Å². The van der Waals surface area contributed by atoms with Gasteiger partial charge in [0.1, 0.15) is 6.07 Å². The van der Waals surface area contributed by atoms with Gasteiger partial charge in [0, 0.05) is 14.1 Å². The number of hydrogen-bond donors (Lipinski definition) is 1. The second-order valence-electron chi connectivity index (χ2n) is 6.66. The molecule has 0 aliphatic carbocycles. The van der Waals surface area contributed by atoms with Crippen molar-refractivity contribution in [3.05, 3.63) is 64.4 Å². The van der Waals surface area contributed by atoms with E-state index in [2.05, 4.69) is 21.0 Å². The van der Waals surface area contributed by atoms with Gasteiger partial charge >= 0.3 is 5.97 Å². The minimum absolute atomic E-state index is 0.000682. The first kappa shape index (κ1) is 22.5. The van der Waals surface area contributed by atoms with E-state index in [-0.39, 0.29) is 33.7 Å². The molecule has 0 saturated carbocycles. The zero-order valence-corrected chi connectivity index (χ0v) is 18.3. The molecule has 10 heteroatoms. The van der Waals surface area contributed by atoms with Crippen LogP contribution in [0.3, 0.4) is 0 Å². The van der Waals surface area contributed by atoms with Crippen LogP contribution in [-0.2, 0) is 0 Å². The molecule has 0 atom stereocenters. The van der Waals surface area contributed by atoms with Gasteiger partial charge in [-0.1, -0.05) is 29.8 Å². The van der Waals surface area contributed by atoms with Crippen LogP contribution in [0.25, 0.3) is 11.6 Å². The summed E-state index contributed by atoms with van der Waals surface area (Å²) in [5, 5.41) is 9.91. The SMILES string of the molecule is COc1cc(/C=C(\C#N)c2nc(N)nc(N(C)C)n2)ccc1OC(=O)c1ccccc1Cl. The molecular formula is C22H19ClN6O3. The molecule has 0 aliphatic rings. The number of hydrogen-bond acceptors (Lipinski definition) is 9. The highest BCUT2D eigenvalue weighted by molar-refractivity contribution is 6.33. The number of benzene rings is 2. The molecule has 3 rings (SSSR count). The number of anilines is 2. The van der Waals surface area contributed by atoms with Crippen LogP contribution in [0, 0.1) is 11.3 Å². The number of halogens is 1. The molecule has 0 spiro atoms. The lowest BCUT2D eigenvalue weighted by Gasteiger charge is -2.12. The van der Waals surface area contributed by atoms with Gasteiger partial charge in [-0.15, -0.1) is 0 Å². The fourth-order valence-corrected chi connectivity index (χ4v) is 2.87. The van der Waals surface area contributed by atoms with Crippen LogP contribution in [0.2, 0.25) is 5.02 Å². The first-order valence-electron chi connectivity index (χ1n) is 9.28. The third kappa shape index (κ3) is 5.11. The van der Waals surface area contributed by atoms with Crippen LogP contribution >= 0.6 is 11.6 Å². The molecule has 1 aromatic heterocycles. The first-order chi connectivity index (χ1) is 15.3. The van der Waals surface area contributed by atoms with Crippen molar-refractivity contribution in [3.63, 3.8) is 0 Å². The molecule has 0 fully saturated rings. The fourth-order valence-electron chi connectivity index (χ4n) is 2.65. The van der Waals surface area contributed by atoms with Crippen LogP contribution in [0.4, 0.5) is 11.9 Å². The molecule has 3 aromatic rings. The highest BCUT2D eigenvalue weighted by atomic mass is 35.5. The predicted octanol–water partition coefficient (Wildman–Crippen LogP) is 3.47. The number of ether oxygens (including phenoxy) is 2. The van der Waals surface area contributed by atoms with E-state index in [4.69, 9.17) is 26.8 Å². The summed E-state index contributed by atoms with van der Waals surface area (Å²) in [4.78, 5) is 26.4. The molecule has 9 nitrogen and oxygen atoms in total. The van der Waals surface area contributed by atoms with Gasteiger partial charge in [0.15, 0.2) is 17.3 Å². The topological polar surface area (TPSA) is 127 Å². The summed E-state index contributed by atoms with van der Waals surface area (Å²) in [5.41, 5.74) is 6.75. The van der Waals surface area contributed by atoms with E-state index in [9.17, 15) is 10.1 Å². The number of nitrogens with zero attached hydrogens (tertiary/aromatic N) is 5. The van der Waals surface area contributed by atoms with Gasteiger partial charge in [0.2, 0.25) is 11.9 Å². The van der Waals surface area contributed by atoms with E-state index < -0.39 is 5.97 Å². The third-order valence-electron chi connectivity index (χ3n) is 4.20. The van der Waals surface area contributed by atoms with Gasteiger partial charge < -0.3 is 20.1 Å². The second-order valence-corrected chi connectivity index (χ2v) is 7.07. The molecule has 0 radical (unpaired) electrons. The van der Waals surface area contributed by atoms with Gasteiger partial charge in [0.05, 0.1) is 23.3 Å². The molecule has 32 heavy (non-hydrogen) atoms. The molecule has 0 amide bonds. The second kappa shape index (κ2) is 9.76. The summed E-state index contributed by atoms with van der Waals surface area (Å²) >= 11 is 6.06. The quantitative estimate of drug-likeness (QED) is 0.341. The van der Waals surface area contributed by atoms with Crippen LogP contribution < -0.4 is 20.1 Å². The molecule has 0 bridgehead atoms. The monoisotopic (exact) mass is 450 g/mol. The molecular weight excluding hydrogens is 432 g/mol. The van der Waals surface area contributed by atoms with Crippen molar-refractivity contribution in [2.45, 2.75) is 0 Å². The zero-order chi connectivity index (χ0) is 23.3. The smallest absolute Gasteiger partial charge is 0.345 e. The summed E-state index contributed by atoms with van der Waals surface area (Å²) in [6, 6.07) is 13.5. The highest BCUT2D eigenvalue weighted by Crippen LogP contribution is 2.31. The Hall–Kier alpha value is -4.16. The standard InChI is InChI=1S/C22H19ClN6O3/c1-29(2)22-27-19(26-21(25)28-22)14(12-24)10-13-8-9-17(18(11-13)31-3)32-20(30)15-6-4-5-7-16(15)23/h4-11H,1-3H3,(H2,25,26,27,28)/b14-10+. The van der Waals surface area contributed by atoms with Crippen molar-refractivity contribution in [2.24, 2.45) is 0 Å². The Balaban J connectivity index is 1.93. The van der Waals surface area contributed by atoms with Gasteiger partial charge in [0.25, 0.3) is 0 Å². The van der Waals surface area contributed by atoms with Gasteiger partial charge in [-0.05, 0) is 35.9 Å². The molecule has 162 valence electrons. The van der Waals surface area contributed by atoms with Crippen molar-refractivity contribution in [1.82, 2.24) is 15.0 Å². The van der Waals surface area contributed by atoms with Gasteiger partial charge in [-0.2, -0.15) is 20.2 Å². The first-order valence-corrected chi connectivity index (χ1v) is 9.66. The van der Waals surface area contributed by atoms with Gasteiger partial charge in [-0.25, -0.2) is 4.79 Å². The number of rotatable bonds is 6. The maximum Gasteiger partial charge on any atom is 0.345 e. The van der Waals surface area contributed by atoms with E-state index in [1.54, 1.807) is 67.5 Å². The molecule has 0 saturated heterocycles. The van der Waals surface area contributed by atoms with Crippen molar-refractivity contribution in [2.75, 3.05) is 31.8 Å². The number of esters is 1. The number of nitriles is 1. The number of methoxy groups -OCH3 is 1. The van der Waals surface area contributed by atoms with Crippen molar-refractivity contribution >= 4 is 41.1 Å². The zero-order valence-electron chi connectivity index (χ0n) is 17.5. The summed E-state index contributed by atoms with van der Waals surface area (Å²) in [5.74, 6) is 0.337. The minimum atomic E-state index is -0.619. The summed E-state index contributed by atoms with van der Waals surface area (Å²) < 4.78 is 10.8. The van der Waals surface area contributed by atoms with Crippen LogP contribution in [-0.4, -0.2) is 42.1 Å². The van der Waals surface area contributed by atoms with Crippen molar-refractivity contribution in [1.29, 1.82) is 5.26 Å². The Labute approximate surface area is 189 Å². The van der Waals surface area contributed by atoms with Gasteiger partial charge in [-0.3, -0.25) is 0 Å². The molecule has 0 unspecified atom stereocenters. The van der Waals surface area contributed by atoms with Crippen molar-refractivity contribution < 1.29 is 14.3 Å². The average molecular weight is 451 g/mol. The normalized spacial score (nSPS) is 10.9. The minimum Gasteiger partial charge on any atom is -0.493 e. The number of carbonyl (C=O) groups excluding carboxylic acids is 1. The molecule has 2 aromatic carbocycles. The molecule has 1 heterocycles. The lowest BCUT2D eigenvalue weighted by molar-refractivity contribution is 0.0730. The summed E-state index contributed by atoms with van der Waals surface area (Å²) in [6.07, 6.45) is 1.57. The van der Waals surface area contributed by atoms with E-state index in [0.717, 1.165) is 0 Å². The van der Waals surface area contributed by atoms with E-state index in [1.165, 1.54) is 7.11 Å². The van der Waals surface area contributed by atoms with Crippen LogP contribution in [0.15, 0.2) is 42.5 Å². The summed E-state index contributed by atoms with van der Waals surface area (Å²) in [7, 11) is 4.94. The molecule has 2 N–H and O–H groups in total. The highest BCUT2D eigenvalue weighted by Gasteiger charge is 2.16. The van der Waals surface area contributed by atoms with Crippen LogP contribution in [0.5, 0.6) is 11.5 Å². The lowest BCUT2D eigenvalue weighted by Crippen LogP contribution is -2.15. The summed E-state index contributed by atoms with van der Waals surface area (Å²) in [6.45, 7) is 0. The lowest BCUT2D eigenvalue weighted by atomic mass is 10.1. The Bertz CT molecular complexity index is 1240. The maximum absolute atomic E-state index is 12.5. The number of nitrogens with two attached hydrogens (primary N) is 1. The average Bonchev–Trinajstić information content (AvgIpc) is 2.77. The van der Waals surface area contributed by atoms with E-state index >= 15 is 0 Å². The van der Waals surface area contributed by atoms with Crippen LogP contribution in [0.1, 0.15) is 21.7 Å². The Morgan fingerprint density at radius 3 is 2.56 bits per heavy atom. The third-order valence-corrected chi connectivity index (χ3v) is 4.53. The Morgan fingerprint density at radius 1 is 1.16 bits per heavy atom. The molecule has 0 aliphatic heterocycles. The Morgan fingerprint density at radius 2 is 1.91 bits per heavy atom. The predicted molar refractivity (Wildman–Crippen MR) is 121 cm³/mol. The number of nitrogen functional groups attached to an aromatic ring is 1. The van der Waals surface area contributed by atoms with Crippen molar-refractivity contribution in [3.8, 4) is 17.6 Å². The number of aromatic nitrogens is 3. The number of allylic oxidation sites excluding steroid dienone is 1. The fraction of sp³-hybridized carbons (Fsp3) is 0.136.